The Labute approximate surface area is 176 Å². The van der Waals surface area contributed by atoms with Gasteiger partial charge in [0.2, 0.25) is 0 Å². The SMILES string of the molecule is Cc1ccccc1Cn1cc(-c2ccncc2)cc1C(=O)N[C@@H](C)c1ccccn1. The van der Waals surface area contributed by atoms with Crippen LogP contribution in [0.4, 0.5) is 0 Å². The molecule has 0 aliphatic carbocycles. The maximum atomic E-state index is 13.2. The molecule has 5 nitrogen and oxygen atoms in total. The van der Waals surface area contributed by atoms with E-state index in [0.717, 1.165) is 16.8 Å². The third kappa shape index (κ3) is 4.30. The average molecular weight is 396 g/mol. The number of hydrogen-bond acceptors (Lipinski definition) is 3. The number of carbonyl (C=O) groups is 1. The summed E-state index contributed by atoms with van der Waals surface area (Å²) < 4.78 is 2.01. The van der Waals surface area contributed by atoms with Gasteiger partial charge in [0.1, 0.15) is 5.69 Å². The Bertz CT molecular complexity index is 1140. The van der Waals surface area contributed by atoms with Crippen molar-refractivity contribution in [3.05, 3.63) is 108 Å². The standard InChI is InChI=1S/C25H24N4O/c1-18-7-3-4-8-21(18)16-29-17-22(20-10-13-26-14-11-20)15-24(29)25(30)28-19(2)23-9-5-6-12-27-23/h3-15,17,19H,16H2,1-2H3,(H,28,30)/t19-/m0/s1. The second-order valence-electron chi connectivity index (χ2n) is 7.35. The zero-order valence-corrected chi connectivity index (χ0v) is 17.1. The van der Waals surface area contributed by atoms with Crippen molar-refractivity contribution in [3.8, 4) is 11.1 Å². The summed E-state index contributed by atoms with van der Waals surface area (Å²) >= 11 is 0. The van der Waals surface area contributed by atoms with E-state index in [1.807, 2.05) is 66.2 Å². The molecule has 0 saturated heterocycles. The zero-order chi connectivity index (χ0) is 20.9. The number of nitrogens with one attached hydrogen (secondary N) is 1. The van der Waals surface area contributed by atoms with Gasteiger partial charge in [0.05, 0.1) is 11.7 Å². The lowest BCUT2D eigenvalue weighted by atomic mass is 10.1. The van der Waals surface area contributed by atoms with Crippen LogP contribution in [0.2, 0.25) is 0 Å². The Morgan fingerprint density at radius 3 is 2.50 bits per heavy atom. The molecule has 0 aliphatic heterocycles. The van der Waals surface area contributed by atoms with E-state index in [0.29, 0.717) is 12.2 Å². The fourth-order valence-electron chi connectivity index (χ4n) is 3.48. The lowest BCUT2D eigenvalue weighted by Crippen LogP contribution is -2.29. The van der Waals surface area contributed by atoms with Crippen LogP contribution in [0.3, 0.4) is 0 Å². The smallest absolute Gasteiger partial charge is 0.268 e. The van der Waals surface area contributed by atoms with Crippen LogP contribution in [0, 0.1) is 6.92 Å². The third-order valence-corrected chi connectivity index (χ3v) is 5.22. The fourth-order valence-corrected chi connectivity index (χ4v) is 3.48. The lowest BCUT2D eigenvalue weighted by molar-refractivity contribution is 0.0930. The van der Waals surface area contributed by atoms with Gasteiger partial charge >= 0.3 is 0 Å². The first-order chi connectivity index (χ1) is 14.6. The molecule has 3 aromatic heterocycles. The van der Waals surface area contributed by atoms with Gasteiger partial charge in [-0.25, -0.2) is 0 Å². The molecule has 4 rings (SSSR count). The van der Waals surface area contributed by atoms with Gasteiger partial charge in [-0.05, 0) is 60.9 Å². The molecule has 0 unspecified atom stereocenters. The van der Waals surface area contributed by atoms with Crippen molar-refractivity contribution in [2.24, 2.45) is 0 Å². The van der Waals surface area contributed by atoms with Crippen molar-refractivity contribution in [2.75, 3.05) is 0 Å². The molecule has 1 atom stereocenters. The highest BCUT2D eigenvalue weighted by Gasteiger charge is 2.18. The molecule has 30 heavy (non-hydrogen) atoms. The second kappa shape index (κ2) is 8.74. The van der Waals surface area contributed by atoms with Crippen LogP contribution < -0.4 is 5.32 Å². The quantitative estimate of drug-likeness (QED) is 0.510. The highest BCUT2D eigenvalue weighted by Crippen LogP contribution is 2.24. The highest BCUT2D eigenvalue weighted by molar-refractivity contribution is 5.94. The number of carbonyl (C=O) groups excluding carboxylic acids is 1. The summed E-state index contributed by atoms with van der Waals surface area (Å²) in [6, 6.07) is 19.6. The monoisotopic (exact) mass is 396 g/mol. The molecule has 3 heterocycles. The summed E-state index contributed by atoms with van der Waals surface area (Å²) in [6.07, 6.45) is 7.29. The average Bonchev–Trinajstić information content (AvgIpc) is 3.20. The van der Waals surface area contributed by atoms with Crippen molar-refractivity contribution in [3.63, 3.8) is 0 Å². The molecule has 0 aliphatic rings. The molecule has 0 saturated carbocycles. The minimum atomic E-state index is -0.190. The van der Waals surface area contributed by atoms with Gasteiger partial charge in [0.25, 0.3) is 5.91 Å². The molecule has 0 bridgehead atoms. The molecule has 150 valence electrons. The van der Waals surface area contributed by atoms with Crippen LogP contribution in [-0.4, -0.2) is 20.4 Å². The van der Waals surface area contributed by atoms with Gasteiger partial charge in [0.15, 0.2) is 0 Å². The number of aromatic nitrogens is 3. The number of rotatable bonds is 6. The minimum Gasteiger partial charge on any atom is -0.343 e. The van der Waals surface area contributed by atoms with E-state index in [4.69, 9.17) is 0 Å². The van der Waals surface area contributed by atoms with Crippen LogP contribution in [0.1, 0.15) is 40.3 Å². The Balaban J connectivity index is 1.67. The summed E-state index contributed by atoms with van der Waals surface area (Å²) in [6.45, 7) is 4.66. The van der Waals surface area contributed by atoms with Gasteiger partial charge in [-0.3, -0.25) is 14.8 Å². The van der Waals surface area contributed by atoms with Gasteiger partial charge in [0, 0.05) is 36.9 Å². The Kier molecular flexibility index (Phi) is 5.70. The van der Waals surface area contributed by atoms with E-state index in [9.17, 15) is 4.79 Å². The number of benzene rings is 1. The fraction of sp³-hybridized carbons (Fsp3) is 0.160. The van der Waals surface area contributed by atoms with Gasteiger partial charge in [-0.1, -0.05) is 30.3 Å². The van der Waals surface area contributed by atoms with Gasteiger partial charge in [-0.15, -0.1) is 0 Å². The number of pyridine rings is 2. The molecule has 0 spiro atoms. The lowest BCUT2D eigenvalue weighted by Gasteiger charge is -2.15. The second-order valence-corrected chi connectivity index (χ2v) is 7.35. The van der Waals surface area contributed by atoms with Crippen molar-refractivity contribution in [1.82, 2.24) is 19.9 Å². The van der Waals surface area contributed by atoms with Crippen LogP contribution in [0.15, 0.2) is 85.5 Å². The maximum absolute atomic E-state index is 13.2. The largest absolute Gasteiger partial charge is 0.343 e. The minimum absolute atomic E-state index is 0.123. The van der Waals surface area contributed by atoms with E-state index in [-0.39, 0.29) is 11.9 Å². The summed E-state index contributed by atoms with van der Waals surface area (Å²) in [5.41, 5.74) is 5.85. The summed E-state index contributed by atoms with van der Waals surface area (Å²) in [4.78, 5) is 21.6. The van der Waals surface area contributed by atoms with E-state index in [1.165, 1.54) is 11.1 Å². The topological polar surface area (TPSA) is 59.8 Å². The van der Waals surface area contributed by atoms with Crippen LogP contribution in [-0.2, 0) is 6.54 Å². The molecule has 1 amide bonds. The van der Waals surface area contributed by atoms with Gasteiger partial charge in [-0.2, -0.15) is 0 Å². The van der Waals surface area contributed by atoms with E-state index < -0.39 is 0 Å². The van der Waals surface area contributed by atoms with Crippen molar-refractivity contribution < 1.29 is 4.79 Å². The normalized spacial score (nSPS) is 11.8. The predicted molar refractivity (Wildman–Crippen MR) is 118 cm³/mol. The van der Waals surface area contributed by atoms with Crippen molar-refractivity contribution >= 4 is 5.91 Å². The molecular formula is C25H24N4O. The number of aryl methyl sites for hydroxylation is 1. The highest BCUT2D eigenvalue weighted by atomic mass is 16.2. The van der Waals surface area contributed by atoms with E-state index in [1.54, 1.807) is 18.6 Å². The number of hydrogen-bond donors (Lipinski definition) is 1. The Morgan fingerprint density at radius 2 is 1.77 bits per heavy atom. The first-order valence-electron chi connectivity index (χ1n) is 9.98. The molecule has 1 N–H and O–H groups in total. The predicted octanol–water partition coefficient (Wildman–Crippen LogP) is 4.79. The molecule has 0 fully saturated rings. The van der Waals surface area contributed by atoms with Gasteiger partial charge < -0.3 is 9.88 Å². The van der Waals surface area contributed by atoms with Crippen molar-refractivity contribution in [1.29, 1.82) is 0 Å². The molecular weight excluding hydrogens is 372 g/mol. The van der Waals surface area contributed by atoms with Crippen LogP contribution in [0.5, 0.6) is 0 Å². The van der Waals surface area contributed by atoms with Crippen LogP contribution >= 0.6 is 0 Å². The summed E-state index contributed by atoms with van der Waals surface area (Å²) in [7, 11) is 0. The summed E-state index contributed by atoms with van der Waals surface area (Å²) in [5, 5.41) is 3.08. The molecule has 1 aromatic carbocycles. The number of nitrogens with zero attached hydrogens (tertiary/aromatic N) is 3. The molecule has 0 radical (unpaired) electrons. The zero-order valence-electron chi connectivity index (χ0n) is 17.1. The Hall–Kier alpha value is -3.73. The first kappa shape index (κ1) is 19.6. The van der Waals surface area contributed by atoms with Crippen LogP contribution in [0.25, 0.3) is 11.1 Å². The first-order valence-corrected chi connectivity index (χ1v) is 9.98. The molecule has 4 aromatic rings. The van der Waals surface area contributed by atoms with E-state index in [2.05, 4.69) is 34.3 Å². The molecule has 5 heteroatoms. The number of amides is 1. The third-order valence-electron chi connectivity index (χ3n) is 5.22. The summed E-state index contributed by atoms with van der Waals surface area (Å²) in [5.74, 6) is -0.123. The Morgan fingerprint density at radius 1 is 1.00 bits per heavy atom. The van der Waals surface area contributed by atoms with Crippen molar-refractivity contribution in [2.45, 2.75) is 26.4 Å². The van der Waals surface area contributed by atoms with E-state index >= 15 is 0 Å². The maximum Gasteiger partial charge on any atom is 0.268 e.